The van der Waals surface area contributed by atoms with Crippen molar-refractivity contribution < 1.29 is 19.1 Å². The number of ether oxygens (including phenoxy) is 2. The zero-order chi connectivity index (χ0) is 16.4. The van der Waals surface area contributed by atoms with E-state index in [4.69, 9.17) is 15.2 Å². The second kappa shape index (κ2) is 9.65. The summed E-state index contributed by atoms with van der Waals surface area (Å²) in [5.74, 6) is 0.199. The summed E-state index contributed by atoms with van der Waals surface area (Å²) in [5.41, 5.74) is 6.81. The molecule has 1 amide bonds. The lowest BCUT2D eigenvalue weighted by atomic mass is 10.2. The lowest BCUT2D eigenvalue weighted by molar-refractivity contribution is -0.143. The van der Waals surface area contributed by atoms with E-state index in [1.807, 2.05) is 0 Å². The van der Waals surface area contributed by atoms with Gasteiger partial charge in [0, 0.05) is 13.3 Å². The van der Waals surface area contributed by atoms with E-state index in [0.29, 0.717) is 36.8 Å². The Morgan fingerprint density at radius 1 is 1.23 bits per heavy atom. The molecule has 0 saturated heterocycles. The van der Waals surface area contributed by atoms with E-state index in [1.165, 1.54) is 6.92 Å². The van der Waals surface area contributed by atoms with E-state index < -0.39 is 0 Å². The van der Waals surface area contributed by atoms with Crippen molar-refractivity contribution in [1.82, 2.24) is 0 Å². The number of hydrogen-bond acceptors (Lipinski definition) is 5. The standard InChI is InChI=1S/C16H24N2O4/c1-3-21-15(20)10-5-4-6-11-22-14-9-7-8-13(17)16(14)18-12(2)19/h7-9H,3-6,10-11,17H2,1-2H3,(H,18,19). The molecule has 122 valence electrons. The van der Waals surface area contributed by atoms with Crippen LogP contribution in [-0.4, -0.2) is 25.1 Å². The van der Waals surface area contributed by atoms with Crippen LogP contribution in [-0.2, 0) is 14.3 Å². The smallest absolute Gasteiger partial charge is 0.305 e. The summed E-state index contributed by atoms with van der Waals surface area (Å²) in [7, 11) is 0. The molecule has 0 aliphatic heterocycles. The van der Waals surface area contributed by atoms with E-state index in [1.54, 1.807) is 25.1 Å². The van der Waals surface area contributed by atoms with Gasteiger partial charge in [0.1, 0.15) is 11.4 Å². The summed E-state index contributed by atoms with van der Waals surface area (Å²) < 4.78 is 10.5. The van der Waals surface area contributed by atoms with E-state index >= 15 is 0 Å². The monoisotopic (exact) mass is 308 g/mol. The van der Waals surface area contributed by atoms with Crippen LogP contribution in [0.5, 0.6) is 5.75 Å². The highest BCUT2D eigenvalue weighted by Gasteiger charge is 2.09. The second-order valence-electron chi connectivity index (χ2n) is 4.87. The minimum atomic E-state index is -0.197. The SMILES string of the molecule is CCOC(=O)CCCCCOc1cccc(N)c1NC(C)=O. The van der Waals surface area contributed by atoms with E-state index in [-0.39, 0.29) is 11.9 Å². The Bertz CT molecular complexity index is 503. The summed E-state index contributed by atoms with van der Waals surface area (Å²) in [6.45, 7) is 4.14. The average molecular weight is 308 g/mol. The number of nitrogens with two attached hydrogens (primary N) is 1. The molecule has 3 N–H and O–H groups in total. The molecule has 0 aliphatic carbocycles. The van der Waals surface area contributed by atoms with Crippen LogP contribution in [0.2, 0.25) is 0 Å². The Balaban J connectivity index is 2.34. The number of nitrogens with one attached hydrogen (secondary N) is 1. The van der Waals surface area contributed by atoms with Crippen molar-refractivity contribution in [1.29, 1.82) is 0 Å². The van der Waals surface area contributed by atoms with Crippen molar-refractivity contribution in [3.05, 3.63) is 18.2 Å². The molecule has 0 radical (unpaired) electrons. The van der Waals surface area contributed by atoms with Gasteiger partial charge in [0.15, 0.2) is 0 Å². The number of amides is 1. The number of hydrogen-bond donors (Lipinski definition) is 2. The molecule has 0 spiro atoms. The molecule has 1 rings (SSSR count). The van der Waals surface area contributed by atoms with Crippen molar-refractivity contribution in [2.24, 2.45) is 0 Å². The summed E-state index contributed by atoms with van der Waals surface area (Å²) in [6, 6.07) is 5.24. The van der Waals surface area contributed by atoms with E-state index in [9.17, 15) is 9.59 Å². The predicted octanol–water partition coefficient (Wildman–Crippen LogP) is 2.73. The van der Waals surface area contributed by atoms with Gasteiger partial charge in [-0.1, -0.05) is 6.07 Å². The van der Waals surface area contributed by atoms with Crippen LogP contribution >= 0.6 is 0 Å². The third kappa shape index (κ3) is 6.47. The second-order valence-corrected chi connectivity index (χ2v) is 4.87. The molecule has 0 saturated carbocycles. The maximum absolute atomic E-state index is 11.2. The van der Waals surface area contributed by atoms with Gasteiger partial charge in [-0.2, -0.15) is 0 Å². The van der Waals surface area contributed by atoms with Crippen molar-refractivity contribution in [3.8, 4) is 5.75 Å². The van der Waals surface area contributed by atoms with Crippen LogP contribution in [0.1, 0.15) is 39.5 Å². The van der Waals surface area contributed by atoms with E-state index in [0.717, 1.165) is 19.3 Å². The van der Waals surface area contributed by atoms with Gasteiger partial charge in [0.2, 0.25) is 5.91 Å². The molecule has 0 aliphatic rings. The van der Waals surface area contributed by atoms with Crippen molar-refractivity contribution >= 4 is 23.3 Å². The molecule has 0 atom stereocenters. The largest absolute Gasteiger partial charge is 0.491 e. The van der Waals surface area contributed by atoms with Gasteiger partial charge in [-0.05, 0) is 38.3 Å². The van der Waals surface area contributed by atoms with Crippen molar-refractivity contribution in [2.75, 3.05) is 24.3 Å². The Morgan fingerprint density at radius 3 is 2.68 bits per heavy atom. The molecular weight excluding hydrogens is 284 g/mol. The molecular formula is C16H24N2O4. The first kappa shape index (κ1) is 17.8. The summed E-state index contributed by atoms with van der Waals surface area (Å²) >= 11 is 0. The molecule has 22 heavy (non-hydrogen) atoms. The minimum absolute atomic E-state index is 0.160. The Morgan fingerprint density at radius 2 is 2.00 bits per heavy atom. The van der Waals surface area contributed by atoms with Crippen molar-refractivity contribution in [3.63, 3.8) is 0 Å². The molecule has 6 heteroatoms. The lowest BCUT2D eigenvalue weighted by Gasteiger charge is -2.13. The van der Waals surface area contributed by atoms with Gasteiger partial charge < -0.3 is 20.5 Å². The third-order valence-corrected chi connectivity index (χ3v) is 2.95. The van der Waals surface area contributed by atoms with Gasteiger partial charge in [-0.15, -0.1) is 0 Å². The number of unbranched alkanes of at least 4 members (excludes halogenated alkanes) is 2. The minimum Gasteiger partial charge on any atom is -0.491 e. The van der Waals surface area contributed by atoms with E-state index in [2.05, 4.69) is 5.32 Å². The third-order valence-electron chi connectivity index (χ3n) is 2.95. The van der Waals surface area contributed by atoms with Crippen LogP contribution in [0.3, 0.4) is 0 Å². The summed E-state index contributed by atoms with van der Waals surface area (Å²) in [6.07, 6.45) is 2.89. The maximum Gasteiger partial charge on any atom is 0.305 e. The quantitative estimate of drug-likeness (QED) is 0.416. The van der Waals surface area contributed by atoms with Gasteiger partial charge in [-0.3, -0.25) is 9.59 Å². The molecule has 0 bridgehead atoms. The zero-order valence-electron chi connectivity index (χ0n) is 13.2. The normalized spacial score (nSPS) is 10.1. The molecule has 0 fully saturated rings. The Kier molecular flexibility index (Phi) is 7.81. The highest BCUT2D eigenvalue weighted by atomic mass is 16.5. The fourth-order valence-corrected chi connectivity index (χ4v) is 1.94. The fourth-order valence-electron chi connectivity index (χ4n) is 1.94. The van der Waals surface area contributed by atoms with Gasteiger partial charge in [-0.25, -0.2) is 0 Å². The zero-order valence-corrected chi connectivity index (χ0v) is 13.2. The lowest BCUT2D eigenvalue weighted by Crippen LogP contribution is -2.10. The first-order chi connectivity index (χ1) is 10.5. The van der Waals surface area contributed by atoms with Crippen LogP contribution in [0.4, 0.5) is 11.4 Å². The average Bonchev–Trinajstić information content (AvgIpc) is 2.45. The van der Waals surface area contributed by atoms with Gasteiger partial charge >= 0.3 is 5.97 Å². The number of para-hydroxylation sites is 1. The molecule has 1 aromatic carbocycles. The number of carbonyl (C=O) groups excluding carboxylic acids is 2. The topological polar surface area (TPSA) is 90.7 Å². The van der Waals surface area contributed by atoms with Crippen molar-refractivity contribution in [2.45, 2.75) is 39.5 Å². The number of anilines is 2. The first-order valence-electron chi connectivity index (χ1n) is 7.49. The van der Waals surface area contributed by atoms with Gasteiger partial charge in [0.25, 0.3) is 0 Å². The Hall–Kier alpha value is -2.24. The summed E-state index contributed by atoms with van der Waals surface area (Å²) in [4.78, 5) is 22.4. The molecule has 6 nitrogen and oxygen atoms in total. The molecule has 0 unspecified atom stereocenters. The molecule has 1 aromatic rings. The van der Waals surface area contributed by atoms with Gasteiger partial charge in [0.05, 0.1) is 18.9 Å². The van der Waals surface area contributed by atoms with Crippen LogP contribution in [0.15, 0.2) is 18.2 Å². The van der Waals surface area contributed by atoms with Crippen LogP contribution in [0.25, 0.3) is 0 Å². The summed E-state index contributed by atoms with van der Waals surface area (Å²) in [5, 5.41) is 2.67. The first-order valence-corrected chi connectivity index (χ1v) is 7.49. The highest BCUT2D eigenvalue weighted by Crippen LogP contribution is 2.30. The predicted molar refractivity (Wildman–Crippen MR) is 85.8 cm³/mol. The number of nitrogen functional groups attached to an aromatic ring is 1. The maximum atomic E-state index is 11.2. The highest BCUT2D eigenvalue weighted by molar-refractivity contribution is 5.94. The van der Waals surface area contributed by atoms with Crippen LogP contribution < -0.4 is 15.8 Å². The van der Waals surface area contributed by atoms with Crippen LogP contribution in [0, 0.1) is 0 Å². The number of rotatable bonds is 9. The number of benzene rings is 1. The fraction of sp³-hybridized carbons (Fsp3) is 0.500. The molecule has 0 aromatic heterocycles. The molecule has 0 heterocycles. The number of carbonyl (C=O) groups is 2. The number of esters is 1. The Labute approximate surface area is 131 Å².